The van der Waals surface area contributed by atoms with E-state index in [4.69, 9.17) is 0 Å². The van der Waals surface area contributed by atoms with Crippen molar-refractivity contribution in [2.75, 3.05) is 0 Å². The first-order valence-electron chi connectivity index (χ1n) is 7.33. The van der Waals surface area contributed by atoms with Gasteiger partial charge in [0.25, 0.3) is 0 Å². The zero-order valence-corrected chi connectivity index (χ0v) is 12.6. The second kappa shape index (κ2) is 4.09. The molecule has 2 aliphatic rings. The number of carbonyl (C=O) groups excluding carboxylic acids is 2. The molecule has 0 bridgehead atoms. The number of benzene rings is 1. The summed E-state index contributed by atoms with van der Waals surface area (Å²) in [5, 5.41) is 19.5. The Hall–Kier alpha value is -1.84. The quantitative estimate of drug-likeness (QED) is 0.568. The Morgan fingerprint density at radius 3 is 2.33 bits per heavy atom. The predicted molar refractivity (Wildman–Crippen MR) is 77.6 cm³/mol. The highest BCUT2D eigenvalue weighted by molar-refractivity contribution is 6.46. The number of carbonyl (C=O) groups is 2. The van der Waals surface area contributed by atoms with Crippen molar-refractivity contribution in [3.05, 3.63) is 23.3 Å². The minimum absolute atomic E-state index is 0.237. The minimum atomic E-state index is -0.544. The van der Waals surface area contributed by atoms with Crippen LogP contribution in [0.5, 0.6) is 11.5 Å². The van der Waals surface area contributed by atoms with Gasteiger partial charge in [-0.05, 0) is 36.0 Å². The first-order chi connectivity index (χ1) is 9.68. The topological polar surface area (TPSA) is 74.6 Å². The molecule has 112 valence electrons. The molecule has 0 radical (unpaired) electrons. The van der Waals surface area contributed by atoms with Gasteiger partial charge < -0.3 is 10.2 Å². The predicted octanol–water partition coefficient (Wildman–Crippen LogP) is 2.95. The Bertz CT molecular complexity index is 659. The van der Waals surface area contributed by atoms with E-state index in [2.05, 4.69) is 0 Å². The number of phenols is 2. The van der Waals surface area contributed by atoms with Crippen molar-refractivity contribution in [1.82, 2.24) is 0 Å². The Morgan fingerprint density at radius 2 is 1.67 bits per heavy atom. The third kappa shape index (κ3) is 1.74. The largest absolute Gasteiger partial charge is 0.504 e. The minimum Gasteiger partial charge on any atom is -0.504 e. The molecule has 1 aromatic rings. The molecule has 1 saturated carbocycles. The molecule has 0 saturated heterocycles. The first-order valence-corrected chi connectivity index (χ1v) is 7.33. The van der Waals surface area contributed by atoms with Crippen molar-refractivity contribution in [1.29, 1.82) is 0 Å². The molecular weight excluding hydrogens is 268 g/mol. The summed E-state index contributed by atoms with van der Waals surface area (Å²) in [7, 11) is 0. The van der Waals surface area contributed by atoms with Crippen LogP contribution in [-0.4, -0.2) is 21.8 Å². The van der Waals surface area contributed by atoms with Gasteiger partial charge in [0.1, 0.15) is 0 Å². The molecule has 0 spiro atoms. The first kappa shape index (κ1) is 14.1. The van der Waals surface area contributed by atoms with Crippen LogP contribution in [0.4, 0.5) is 0 Å². The molecule has 4 nitrogen and oxygen atoms in total. The average Bonchev–Trinajstić information content (AvgIpc) is 2.37. The molecular formula is C17H20O4. The van der Waals surface area contributed by atoms with Gasteiger partial charge in [-0.2, -0.15) is 0 Å². The fraction of sp³-hybridized carbons (Fsp3) is 0.529. The van der Waals surface area contributed by atoms with Crippen LogP contribution in [0.1, 0.15) is 56.0 Å². The van der Waals surface area contributed by atoms with E-state index in [9.17, 15) is 19.8 Å². The second-order valence-corrected chi connectivity index (χ2v) is 7.27. The van der Waals surface area contributed by atoms with Crippen LogP contribution in [-0.2, 0) is 10.2 Å². The number of hydrogen-bond donors (Lipinski definition) is 2. The Balaban J connectivity index is 2.30. The van der Waals surface area contributed by atoms with Gasteiger partial charge in [0.2, 0.25) is 11.6 Å². The lowest BCUT2D eigenvalue weighted by molar-refractivity contribution is -0.128. The molecule has 0 heterocycles. The molecule has 21 heavy (non-hydrogen) atoms. The third-order valence-electron chi connectivity index (χ3n) is 5.40. The summed E-state index contributed by atoms with van der Waals surface area (Å²) in [5.74, 6) is -1.87. The second-order valence-electron chi connectivity index (χ2n) is 7.27. The molecule has 0 aromatic heterocycles. The number of fused-ring (bicyclic) bond motifs is 3. The van der Waals surface area contributed by atoms with E-state index in [0.29, 0.717) is 5.56 Å². The fourth-order valence-electron chi connectivity index (χ4n) is 4.50. The van der Waals surface area contributed by atoms with Gasteiger partial charge in [-0.25, -0.2) is 0 Å². The van der Waals surface area contributed by atoms with Crippen LogP contribution in [0.15, 0.2) is 12.1 Å². The molecule has 2 N–H and O–H groups in total. The molecule has 1 aromatic carbocycles. The molecule has 2 atom stereocenters. The van der Waals surface area contributed by atoms with Crippen molar-refractivity contribution in [3.8, 4) is 11.5 Å². The molecule has 0 amide bonds. The number of hydrogen-bond acceptors (Lipinski definition) is 4. The number of Topliss-reactive ketones (excluding diaryl/α,β-unsaturated/α-hetero) is 2. The van der Waals surface area contributed by atoms with E-state index in [1.807, 2.05) is 20.8 Å². The maximum Gasteiger partial charge on any atom is 0.229 e. The molecule has 1 fully saturated rings. The van der Waals surface area contributed by atoms with Crippen molar-refractivity contribution in [2.24, 2.45) is 11.3 Å². The summed E-state index contributed by atoms with van der Waals surface area (Å²) in [4.78, 5) is 25.1. The van der Waals surface area contributed by atoms with Crippen molar-refractivity contribution >= 4 is 11.6 Å². The number of phenolic OH excluding ortho intramolecular Hbond substituents is 2. The van der Waals surface area contributed by atoms with Crippen LogP contribution in [0.25, 0.3) is 0 Å². The zero-order valence-electron chi connectivity index (χ0n) is 12.6. The Morgan fingerprint density at radius 1 is 1.05 bits per heavy atom. The van der Waals surface area contributed by atoms with E-state index in [1.165, 1.54) is 12.1 Å². The maximum absolute atomic E-state index is 12.6. The van der Waals surface area contributed by atoms with Gasteiger partial charge >= 0.3 is 0 Å². The van der Waals surface area contributed by atoms with Crippen LogP contribution in [0.2, 0.25) is 0 Å². The maximum atomic E-state index is 12.6. The third-order valence-corrected chi connectivity index (χ3v) is 5.40. The van der Waals surface area contributed by atoms with Gasteiger partial charge in [0.15, 0.2) is 11.5 Å². The number of rotatable bonds is 0. The summed E-state index contributed by atoms with van der Waals surface area (Å²) < 4.78 is 0. The Kier molecular flexibility index (Phi) is 2.75. The smallest absolute Gasteiger partial charge is 0.229 e. The van der Waals surface area contributed by atoms with E-state index in [0.717, 1.165) is 19.3 Å². The van der Waals surface area contributed by atoms with Gasteiger partial charge in [0.05, 0.1) is 0 Å². The van der Waals surface area contributed by atoms with Gasteiger partial charge in [0, 0.05) is 16.9 Å². The monoisotopic (exact) mass is 288 g/mol. The number of ketones is 2. The number of aromatic hydroxyl groups is 2. The summed E-state index contributed by atoms with van der Waals surface area (Å²) >= 11 is 0. The van der Waals surface area contributed by atoms with Crippen molar-refractivity contribution < 1.29 is 19.8 Å². The highest BCUT2D eigenvalue weighted by Gasteiger charge is 2.56. The van der Waals surface area contributed by atoms with Crippen molar-refractivity contribution in [3.63, 3.8) is 0 Å². The summed E-state index contributed by atoms with van der Waals surface area (Å²) in [5.41, 5.74) is 0.227. The molecule has 2 aliphatic carbocycles. The van der Waals surface area contributed by atoms with Crippen molar-refractivity contribution in [2.45, 2.75) is 45.4 Å². The lowest BCUT2D eigenvalue weighted by Gasteiger charge is -2.52. The standard InChI is InChI=1S/C17H20O4/c1-16(2)5-4-6-17(3)10-8-12(19)11(18)7-9(10)13(20)14(21)15(16)17/h7-8,15,18-19H,4-6H2,1-3H3/t15?,17-/m1/s1. The average molecular weight is 288 g/mol. The summed E-state index contributed by atoms with van der Waals surface area (Å²) in [6.07, 6.45) is 2.69. The normalized spacial score (nSPS) is 30.7. The molecule has 4 heteroatoms. The summed E-state index contributed by atoms with van der Waals surface area (Å²) in [6.45, 7) is 6.06. The van der Waals surface area contributed by atoms with Crippen LogP contribution in [0, 0.1) is 11.3 Å². The molecule has 0 aliphatic heterocycles. The molecule has 3 rings (SSSR count). The fourth-order valence-corrected chi connectivity index (χ4v) is 4.50. The molecule has 1 unspecified atom stereocenters. The van der Waals surface area contributed by atoms with Crippen LogP contribution in [0.3, 0.4) is 0 Å². The van der Waals surface area contributed by atoms with E-state index >= 15 is 0 Å². The van der Waals surface area contributed by atoms with Gasteiger partial charge in [-0.15, -0.1) is 0 Å². The van der Waals surface area contributed by atoms with Crippen LogP contribution < -0.4 is 0 Å². The van der Waals surface area contributed by atoms with Gasteiger partial charge in [-0.1, -0.05) is 27.2 Å². The van der Waals surface area contributed by atoms with E-state index in [1.54, 1.807) is 0 Å². The lowest BCUT2D eigenvalue weighted by atomic mass is 9.50. The van der Waals surface area contributed by atoms with Crippen LogP contribution >= 0.6 is 0 Å². The van der Waals surface area contributed by atoms with Gasteiger partial charge in [-0.3, -0.25) is 9.59 Å². The SMILES string of the molecule is CC1(C)CCC[C@]2(C)c3cc(O)c(O)cc3C(=O)C(=O)C12. The van der Waals surface area contributed by atoms with E-state index in [-0.39, 0.29) is 34.2 Å². The zero-order chi connectivity index (χ0) is 15.6. The highest BCUT2D eigenvalue weighted by Crippen LogP contribution is 2.56. The summed E-state index contributed by atoms with van der Waals surface area (Å²) in [6, 6.07) is 2.69. The lowest BCUT2D eigenvalue weighted by Crippen LogP contribution is -2.54. The van der Waals surface area contributed by atoms with E-state index < -0.39 is 11.2 Å². The Labute approximate surface area is 123 Å². The highest BCUT2D eigenvalue weighted by atomic mass is 16.3.